The van der Waals surface area contributed by atoms with Crippen LogP contribution in [0.5, 0.6) is 0 Å². The van der Waals surface area contributed by atoms with Crippen molar-refractivity contribution in [2.45, 2.75) is 39.8 Å². The zero-order valence-corrected chi connectivity index (χ0v) is 8.46. The largest absolute Gasteiger partial charge is 0.384 e. The topological polar surface area (TPSA) is 73.1 Å². The van der Waals surface area contributed by atoms with Gasteiger partial charge in [-0.2, -0.15) is 5.26 Å². The molecule has 1 amide bonds. The van der Waals surface area contributed by atoms with Crippen LogP contribution < -0.4 is 5.32 Å². The fourth-order valence-corrected chi connectivity index (χ4v) is 0.705. The van der Waals surface area contributed by atoms with E-state index in [1.807, 2.05) is 26.8 Å². The summed E-state index contributed by atoms with van der Waals surface area (Å²) in [5, 5.41) is 20.1. The Morgan fingerprint density at radius 1 is 1.54 bits per heavy atom. The molecular weight excluding hydrogens is 168 g/mol. The van der Waals surface area contributed by atoms with Crippen molar-refractivity contribution in [3.05, 3.63) is 0 Å². The fraction of sp³-hybridized carbons (Fsp3) is 0.778. The van der Waals surface area contributed by atoms with Gasteiger partial charge in [0.2, 0.25) is 5.91 Å². The van der Waals surface area contributed by atoms with Crippen molar-refractivity contribution < 1.29 is 9.90 Å². The van der Waals surface area contributed by atoms with Crippen molar-refractivity contribution in [3.63, 3.8) is 0 Å². The molecule has 1 unspecified atom stereocenters. The van der Waals surface area contributed by atoms with Crippen molar-refractivity contribution in [2.75, 3.05) is 0 Å². The molecular formula is C9H16N2O2. The Labute approximate surface area is 78.6 Å². The van der Waals surface area contributed by atoms with Gasteiger partial charge in [0.1, 0.15) is 12.1 Å². The molecule has 74 valence electrons. The van der Waals surface area contributed by atoms with Gasteiger partial charge in [0.15, 0.2) is 0 Å². The van der Waals surface area contributed by atoms with E-state index >= 15 is 0 Å². The number of nitriles is 1. The summed E-state index contributed by atoms with van der Waals surface area (Å²) in [5.41, 5.74) is -0.320. The third kappa shape index (κ3) is 3.90. The lowest BCUT2D eigenvalue weighted by Gasteiger charge is -2.25. The van der Waals surface area contributed by atoms with E-state index in [2.05, 4.69) is 5.32 Å². The molecule has 0 radical (unpaired) electrons. The third-order valence-electron chi connectivity index (χ3n) is 1.66. The van der Waals surface area contributed by atoms with Crippen molar-refractivity contribution in [2.24, 2.45) is 5.41 Å². The summed E-state index contributed by atoms with van der Waals surface area (Å²) in [6, 6.07) is 1.41. The van der Waals surface area contributed by atoms with Gasteiger partial charge >= 0.3 is 0 Å². The Balaban J connectivity index is 4.34. The summed E-state index contributed by atoms with van der Waals surface area (Å²) in [6.07, 6.45) is -1.07. The highest BCUT2D eigenvalue weighted by Crippen LogP contribution is 2.18. The molecule has 2 N–H and O–H groups in total. The second kappa shape index (κ2) is 4.24. The minimum Gasteiger partial charge on any atom is -0.384 e. The first-order valence-corrected chi connectivity index (χ1v) is 4.17. The van der Waals surface area contributed by atoms with Gasteiger partial charge in [-0.15, -0.1) is 0 Å². The lowest BCUT2D eigenvalue weighted by Crippen LogP contribution is -2.46. The standard InChI is InChI=1S/C9H16N2O2/c1-6(12)8(13)11-7(5-10)9(2,3)4/h6-7,12H,1-4H3,(H,11,13)/t6-,7?/m1/s1. The average Bonchev–Trinajstić information content (AvgIpc) is 1.96. The molecule has 0 aliphatic carbocycles. The molecule has 0 fully saturated rings. The molecule has 4 heteroatoms. The van der Waals surface area contributed by atoms with Gasteiger partial charge in [0, 0.05) is 0 Å². The van der Waals surface area contributed by atoms with Crippen molar-refractivity contribution in [1.82, 2.24) is 5.32 Å². The van der Waals surface area contributed by atoms with Crippen molar-refractivity contribution in [1.29, 1.82) is 5.26 Å². The summed E-state index contributed by atoms with van der Waals surface area (Å²) in [5.74, 6) is -0.513. The third-order valence-corrected chi connectivity index (χ3v) is 1.66. The van der Waals surface area contributed by atoms with Crippen LogP contribution in [0.2, 0.25) is 0 Å². The maximum Gasteiger partial charge on any atom is 0.249 e. The van der Waals surface area contributed by atoms with Gasteiger partial charge in [-0.25, -0.2) is 0 Å². The van der Waals surface area contributed by atoms with Crippen LogP contribution in [0, 0.1) is 16.7 Å². The van der Waals surface area contributed by atoms with E-state index in [1.54, 1.807) is 0 Å². The lowest BCUT2D eigenvalue weighted by atomic mass is 9.87. The normalized spacial score (nSPS) is 15.7. The maximum atomic E-state index is 11.0. The lowest BCUT2D eigenvalue weighted by molar-refractivity contribution is -0.129. The molecule has 0 saturated heterocycles. The summed E-state index contributed by atoms with van der Waals surface area (Å²) < 4.78 is 0. The molecule has 0 aromatic carbocycles. The second-order valence-corrected chi connectivity index (χ2v) is 4.11. The molecule has 0 bridgehead atoms. The molecule has 0 aliphatic heterocycles. The first-order valence-electron chi connectivity index (χ1n) is 4.17. The Kier molecular flexibility index (Phi) is 3.89. The van der Waals surface area contributed by atoms with Gasteiger partial charge in [-0.3, -0.25) is 4.79 Å². The van der Waals surface area contributed by atoms with E-state index in [-0.39, 0.29) is 5.41 Å². The Bertz CT molecular complexity index is 223. The summed E-state index contributed by atoms with van der Waals surface area (Å²) >= 11 is 0. The molecule has 13 heavy (non-hydrogen) atoms. The Morgan fingerprint density at radius 3 is 2.23 bits per heavy atom. The van der Waals surface area contributed by atoms with E-state index in [4.69, 9.17) is 10.4 Å². The first kappa shape index (κ1) is 11.9. The zero-order chi connectivity index (χ0) is 10.6. The van der Waals surface area contributed by atoms with Gasteiger partial charge < -0.3 is 10.4 Å². The monoisotopic (exact) mass is 184 g/mol. The smallest absolute Gasteiger partial charge is 0.249 e. The van der Waals surface area contributed by atoms with Crippen LogP contribution >= 0.6 is 0 Å². The maximum absolute atomic E-state index is 11.0. The van der Waals surface area contributed by atoms with Crippen molar-refractivity contribution >= 4 is 5.91 Å². The molecule has 0 aromatic rings. The van der Waals surface area contributed by atoms with E-state index < -0.39 is 18.1 Å². The number of hydrogen-bond donors (Lipinski definition) is 2. The molecule has 2 atom stereocenters. The van der Waals surface area contributed by atoms with Crippen LogP contribution in [0.4, 0.5) is 0 Å². The summed E-state index contributed by atoms with van der Waals surface area (Å²) in [4.78, 5) is 11.0. The number of amides is 1. The fourth-order valence-electron chi connectivity index (χ4n) is 0.705. The predicted octanol–water partition coefficient (Wildman–Crippen LogP) is 0.422. The number of nitrogens with one attached hydrogen (secondary N) is 1. The SMILES string of the molecule is C[C@@H](O)C(=O)NC(C#N)C(C)(C)C. The van der Waals surface area contributed by atoms with Gasteiger partial charge in [0.05, 0.1) is 6.07 Å². The van der Waals surface area contributed by atoms with Crippen LogP contribution in [0.25, 0.3) is 0 Å². The van der Waals surface area contributed by atoms with Crippen LogP contribution in [-0.2, 0) is 4.79 Å². The number of aliphatic hydroxyl groups is 1. The number of nitrogens with zero attached hydrogens (tertiary/aromatic N) is 1. The second-order valence-electron chi connectivity index (χ2n) is 4.11. The van der Waals surface area contributed by atoms with Gasteiger partial charge in [-0.1, -0.05) is 20.8 Å². The van der Waals surface area contributed by atoms with Crippen molar-refractivity contribution in [3.8, 4) is 6.07 Å². The van der Waals surface area contributed by atoms with Crippen LogP contribution in [0.15, 0.2) is 0 Å². The van der Waals surface area contributed by atoms with E-state index in [1.165, 1.54) is 6.92 Å². The number of rotatable bonds is 2. The average molecular weight is 184 g/mol. The summed E-state index contributed by atoms with van der Waals surface area (Å²) in [6.45, 7) is 6.92. The van der Waals surface area contributed by atoms with Crippen LogP contribution in [-0.4, -0.2) is 23.2 Å². The molecule has 0 rings (SSSR count). The number of hydrogen-bond acceptors (Lipinski definition) is 3. The van der Waals surface area contributed by atoms with Crippen LogP contribution in [0.3, 0.4) is 0 Å². The van der Waals surface area contributed by atoms with E-state index in [0.717, 1.165) is 0 Å². The molecule has 0 saturated carbocycles. The number of carbonyl (C=O) groups excluding carboxylic acids is 1. The number of carbonyl (C=O) groups is 1. The minimum atomic E-state index is -1.07. The quantitative estimate of drug-likeness (QED) is 0.653. The number of aliphatic hydroxyl groups excluding tert-OH is 1. The van der Waals surface area contributed by atoms with Crippen LogP contribution in [0.1, 0.15) is 27.7 Å². The molecule has 0 aromatic heterocycles. The summed E-state index contributed by atoms with van der Waals surface area (Å²) in [7, 11) is 0. The molecule has 0 aliphatic rings. The zero-order valence-electron chi connectivity index (χ0n) is 8.46. The van der Waals surface area contributed by atoms with Gasteiger partial charge in [0.25, 0.3) is 0 Å². The highest BCUT2D eigenvalue weighted by molar-refractivity contribution is 5.80. The molecule has 4 nitrogen and oxygen atoms in total. The molecule has 0 heterocycles. The minimum absolute atomic E-state index is 0.320. The predicted molar refractivity (Wildman–Crippen MR) is 48.7 cm³/mol. The van der Waals surface area contributed by atoms with E-state index in [0.29, 0.717) is 0 Å². The van der Waals surface area contributed by atoms with Gasteiger partial charge in [-0.05, 0) is 12.3 Å². The highest BCUT2D eigenvalue weighted by Gasteiger charge is 2.26. The Hall–Kier alpha value is -1.08. The highest BCUT2D eigenvalue weighted by atomic mass is 16.3. The first-order chi connectivity index (χ1) is 5.79. The Morgan fingerprint density at radius 2 is 2.00 bits per heavy atom. The molecule has 0 spiro atoms. The van der Waals surface area contributed by atoms with E-state index in [9.17, 15) is 4.79 Å².